The van der Waals surface area contributed by atoms with E-state index in [0.717, 1.165) is 25.2 Å². The van der Waals surface area contributed by atoms with Crippen molar-refractivity contribution in [2.45, 2.75) is 33.1 Å². The summed E-state index contributed by atoms with van der Waals surface area (Å²) in [4.78, 5) is 0. The molecule has 2 aromatic rings. The third-order valence-electron chi connectivity index (χ3n) is 4.03. The second kappa shape index (κ2) is 6.71. The van der Waals surface area contributed by atoms with Crippen molar-refractivity contribution >= 4 is 0 Å². The number of benzene rings is 1. The molecule has 1 heterocycles. The van der Waals surface area contributed by atoms with Gasteiger partial charge in [0, 0.05) is 19.3 Å². The maximum Gasteiger partial charge on any atom is 0.0628 e. The molecule has 20 heavy (non-hydrogen) atoms. The van der Waals surface area contributed by atoms with Crippen LogP contribution in [0.25, 0.3) is 0 Å². The first-order valence-corrected chi connectivity index (χ1v) is 7.34. The molecule has 0 saturated carbocycles. The Morgan fingerprint density at radius 3 is 2.50 bits per heavy atom. The summed E-state index contributed by atoms with van der Waals surface area (Å²) in [6, 6.07) is 10.7. The summed E-state index contributed by atoms with van der Waals surface area (Å²) in [5.74, 6) is 0.548. The van der Waals surface area contributed by atoms with Gasteiger partial charge >= 0.3 is 0 Å². The molecule has 1 N–H and O–H groups in total. The minimum absolute atomic E-state index is 0.548. The molecule has 1 atom stereocenters. The number of hydrogen-bond donors (Lipinski definition) is 1. The Kier molecular flexibility index (Phi) is 4.96. The molecule has 0 amide bonds. The minimum atomic E-state index is 0.548. The Morgan fingerprint density at radius 2 is 1.90 bits per heavy atom. The summed E-state index contributed by atoms with van der Waals surface area (Å²) in [5.41, 5.74) is 5.21. The van der Waals surface area contributed by atoms with Gasteiger partial charge in [-0.25, -0.2) is 0 Å². The molecule has 1 aromatic heterocycles. The number of nitrogens with zero attached hydrogens (tertiary/aromatic N) is 2. The molecule has 0 aliphatic rings. The van der Waals surface area contributed by atoms with E-state index in [2.05, 4.69) is 61.5 Å². The number of hydrogen-bond acceptors (Lipinski definition) is 2. The summed E-state index contributed by atoms with van der Waals surface area (Å²) < 4.78 is 1.97. The van der Waals surface area contributed by atoms with Crippen LogP contribution in [-0.4, -0.2) is 22.9 Å². The van der Waals surface area contributed by atoms with Gasteiger partial charge in [0.15, 0.2) is 0 Å². The van der Waals surface area contributed by atoms with Gasteiger partial charge in [-0.2, -0.15) is 5.10 Å². The highest BCUT2D eigenvalue weighted by atomic mass is 15.3. The van der Waals surface area contributed by atoms with E-state index < -0.39 is 0 Å². The van der Waals surface area contributed by atoms with Crippen molar-refractivity contribution in [3.05, 3.63) is 52.8 Å². The average molecular weight is 271 g/mol. The zero-order chi connectivity index (χ0) is 14.5. The first-order chi connectivity index (χ1) is 9.59. The van der Waals surface area contributed by atoms with Gasteiger partial charge in [0.2, 0.25) is 0 Å². The lowest BCUT2D eigenvalue weighted by atomic mass is 10.0. The second-order valence-corrected chi connectivity index (χ2v) is 5.54. The molecule has 0 aliphatic carbocycles. The third-order valence-corrected chi connectivity index (χ3v) is 4.03. The fourth-order valence-corrected chi connectivity index (χ4v) is 2.61. The fourth-order valence-electron chi connectivity index (χ4n) is 2.61. The van der Waals surface area contributed by atoms with Gasteiger partial charge in [-0.05, 0) is 43.9 Å². The van der Waals surface area contributed by atoms with Crippen molar-refractivity contribution in [3.8, 4) is 0 Å². The smallest absolute Gasteiger partial charge is 0.0628 e. The van der Waals surface area contributed by atoms with Crippen LogP contribution >= 0.6 is 0 Å². The van der Waals surface area contributed by atoms with E-state index in [0.29, 0.717) is 5.92 Å². The maximum atomic E-state index is 4.46. The van der Waals surface area contributed by atoms with Gasteiger partial charge in [0.05, 0.1) is 5.69 Å². The summed E-state index contributed by atoms with van der Waals surface area (Å²) in [6.45, 7) is 8.52. The Hall–Kier alpha value is -1.61. The monoisotopic (exact) mass is 271 g/mol. The molecule has 0 fully saturated rings. The quantitative estimate of drug-likeness (QED) is 0.819. The zero-order valence-corrected chi connectivity index (χ0v) is 13.0. The first kappa shape index (κ1) is 14.8. The SMILES string of the molecule is Cc1nn(C)c(C)c1CCNCC(C)c1ccccc1. The van der Waals surface area contributed by atoms with E-state index in [9.17, 15) is 0 Å². The molecule has 0 aliphatic heterocycles. The van der Waals surface area contributed by atoms with E-state index in [1.54, 1.807) is 0 Å². The van der Waals surface area contributed by atoms with Crippen molar-refractivity contribution in [2.75, 3.05) is 13.1 Å². The molecular formula is C17H25N3. The van der Waals surface area contributed by atoms with Crippen LogP contribution in [0, 0.1) is 13.8 Å². The Bertz CT molecular complexity index is 543. The molecule has 1 unspecified atom stereocenters. The van der Waals surface area contributed by atoms with Gasteiger partial charge < -0.3 is 5.32 Å². The summed E-state index contributed by atoms with van der Waals surface area (Å²) in [6.07, 6.45) is 1.05. The van der Waals surface area contributed by atoms with Crippen LogP contribution in [0.2, 0.25) is 0 Å². The van der Waals surface area contributed by atoms with Gasteiger partial charge in [-0.1, -0.05) is 37.3 Å². The molecule has 1 aromatic carbocycles. The van der Waals surface area contributed by atoms with Crippen molar-refractivity contribution in [3.63, 3.8) is 0 Å². The molecule has 0 radical (unpaired) electrons. The van der Waals surface area contributed by atoms with Crippen molar-refractivity contribution in [2.24, 2.45) is 7.05 Å². The van der Waals surface area contributed by atoms with Crippen LogP contribution in [0.3, 0.4) is 0 Å². The Balaban J connectivity index is 1.79. The Morgan fingerprint density at radius 1 is 1.20 bits per heavy atom. The van der Waals surface area contributed by atoms with Crippen LogP contribution in [0.1, 0.15) is 35.4 Å². The van der Waals surface area contributed by atoms with E-state index in [1.165, 1.54) is 16.8 Å². The predicted molar refractivity (Wildman–Crippen MR) is 84.1 cm³/mol. The summed E-state index contributed by atoms with van der Waals surface area (Å²) in [7, 11) is 2.01. The van der Waals surface area contributed by atoms with E-state index in [1.807, 2.05) is 11.7 Å². The zero-order valence-electron chi connectivity index (χ0n) is 13.0. The van der Waals surface area contributed by atoms with Crippen LogP contribution in [0.5, 0.6) is 0 Å². The molecule has 108 valence electrons. The normalized spacial score (nSPS) is 12.6. The third kappa shape index (κ3) is 3.48. The fraction of sp³-hybridized carbons (Fsp3) is 0.471. The summed E-state index contributed by atoms with van der Waals surface area (Å²) >= 11 is 0. The lowest BCUT2D eigenvalue weighted by molar-refractivity contribution is 0.613. The van der Waals surface area contributed by atoms with Gasteiger partial charge in [-0.3, -0.25) is 4.68 Å². The second-order valence-electron chi connectivity index (χ2n) is 5.54. The van der Waals surface area contributed by atoms with Gasteiger partial charge in [0.1, 0.15) is 0 Å². The number of aromatic nitrogens is 2. The minimum Gasteiger partial charge on any atom is -0.316 e. The molecule has 0 saturated heterocycles. The molecule has 0 spiro atoms. The highest BCUT2D eigenvalue weighted by Crippen LogP contribution is 2.14. The van der Waals surface area contributed by atoms with Crippen molar-refractivity contribution in [1.29, 1.82) is 0 Å². The van der Waals surface area contributed by atoms with Crippen LogP contribution in [0.15, 0.2) is 30.3 Å². The van der Waals surface area contributed by atoms with E-state index >= 15 is 0 Å². The van der Waals surface area contributed by atoms with Crippen LogP contribution in [0.4, 0.5) is 0 Å². The number of nitrogens with one attached hydrogen (secondary N) is 1. The molecule has 3 nitrogen and oxygen atoms in total. The lowest BCUT2D eigenvalue weighted by Crippen LogP contribution is -2.22. The van der Waals surface area contributed by atoms with Gasteiger partial charge in [0.25, 0.3) is 0 Å². The topological polar surface area (TPSA) is 29.9 Å². The molecule has 2 rings (SSSR count). The molecule has 0 bridgehead atoms. The lowest BCUT2D eigenvalue weighted by Gasteiger charge is -2.13. The van der Waals surface area contributed by atoms with Crippen LogP contribution in [-0.2, 0) is 13.5 Å². The number of rotatable bonds is 6. The van der Waals surface area contributed by atoms with Crippen LogP contribution < -0.4 is 5.32 Å². The molecular weight excluding hydrogens is 246 g/mol. The van der Waals surface area contributed by atoms with Crippen molar-refractivity contribution in [1.82, 2.24) is 15.1 Å². The van der Waals surface area contributed by atoms with E-state index in [4.69, 9.17) is 0 Å². The standard InChI is InChI=1S/C17H25N3/c1-13(16-8-6-5-7-9-16)12-18-11-10-17-14(2)19-20(4)15(17)3/h5-9,13,18H,10-12H2,1-4H3. The van der Waals surface area contributed by atoms with Crippen molar-refractivity contribution < 1.29 is 0 Å². The molecule has 3 heteroatoms. The number of aryl methyl sites for hydroxylation is 2. The predicted octanol–water partition coefficient (Wildman–Crippen LogP) is 2.97. The van der Waals surface area contributed by atoms with E-state index in [-0.39, 0.29) is 0 Å². The maximum absolute atomic E-state index is 4.46. The summed E-state index contributed by atoms with van der Waals surface area (Å²) in [5, 5.41) is 8.02. The highest BCUT2D eigenvalue weighted by molar-refractivity contribution is 5.24. The first-order valence-electron chi connectivity index (χ1n) is 7.34. The van der Waals surface area contributed by atoms with Gasteiger partial charge in [-0.15, -0.1) is 0 Å². The highest BCUT2D eigenvalue weighted by Gasteiger charge is 2.09. The Labute approximate surface area is 122 Å². The largest absolute Gasteiger partial charge is 0.316 e. The average Bonchev–Trinajstić information content (AvgIpc) is 2.70.